The van der Waals surface area contributed by atoms with Crippen molar-refractivity contribution >= 4 is 5.97 Å². The van der Waals surface area contributed by atoms with Gasteiger partial charge in [-0.3, -0.25) is 9.36 Å². The molecule has 3 heterocycles. The van der Waals surface area contributed by atoms with Crippen molar-refractivity contribution in [2.75, 3.05) is 19.8 Å². The van der Waals surface area contributed by atoms with Crippen molar-refractivity contribution in [3.05, 3.63) is 57.8 Å². The Morgan fingerprint density at radius 2 is 2.00 bits per heavy atom. The van der Waals surface area contributed by atoms with Gasteiger partial charge in [-0.1, -0.05) is 30.3 Å². The SMILES string of the molecule is CCOC(=O)c1nc2n(c(=O)c1OCc1ccccc1)CC1CCC2(OCCO)CC1. The van der Waals surface area contributed by atoms with Crippen LogP contribution in [0.15, 0.2) is 35.1 Å². The van der Waals surface area contributed by atoms with E-state index in [1.54, 1.807) is 11.5 Å². The summed E-state index contributed by atoms with van der Waals surface area (Å²) < 4.78 is 18.7. The lowest BCUT2D eigenvalue weighted by Gasteiger charge is -2.36. The van der Waals surface area contributed by atoms with Crippen LogP contribution < -0.4 is 10.3 Å². The summed E-state index contributed by atoms with van der Waals surface area (Å²) in [5, 5.41) is 9.32. The maximum Gasteiger partial charge on any atom is 0.361 e. The molecule has 1 aromatic heterocycles. The highest BCUT2D eigenvalue weighted by Crippen LogP contribution is 2.45. The quantitative estimate of drug-likeness (QED) is 0.645. The average Bonchev–Trinajstić information content (AvgIpc) is 3.04. The van der Waals surface area contributed by atoms with Crippen molar-refractivity contribution < 1.29 is 24.1 Å². The number of aliphatic hydroxyl groups excluding tert-OH is 1. The number of carbonyl (C=O) groups excluding carboxylic acids is 1. The molecule has 166 valence electrons. The number of carbonyl (C=O) groups is 1. The fraction of sp³-hybridized carbons (Fsp3) is 0.522. The fourth-order valence-electron chi connectivity index (χ4n) is 4.51. The second-order valence-electron chi connectivity index (χ2n) is 8.03. The van der Waals surface area contributed by atoms with Gasteiger partial charge in [0.2, 0.25) is 5.75 Å². The second-order valence-corrected chi connectivity index (χ2v) is 8.03. The number of rotatable bonds is 8. The minimum absolute atomic E-state index is 0.0929. The molecule has 1 N–H and O–H groups in total. The molecular formula is C23H28N2O6. The van der Waals surface area contributed by atoms with E-state index in [2.05, 4.69) is 4.98 Å². The summed E-state index contributed by atoms with van der Waals surface area (Å²) in [6.07, 6.45) is 3.17. The molecule has 1 aliphatic carbocycles. The van der Waals surface area contributed by atoms with Crippen LogP contribution in [0.25, 0.3) is 0 Å². The molecule has 8 nitrogen and oxygen atoms in total. The lowest BCUT2D eigenvalue weighted by Crippen LogP contribution is -2.39. The monoisotopic (exact) mass is 428 g/mol. The van der Waals surface area contributed by atoms with Gasteiger partial charge in [0.05, 0.1) is 19.8 Å². The molecule has 0 amide bonds. The highest BCUT2D eigenvalue weighted by atomic mass is 16.5. The van der Waals surface area contributed by atoms with E-state index in [1.165, 1.54) is 0 Å². The van der Waals surface area contributed by atoms with Crippen molar-refractivity contribution in [3.8, 4) is 5.75 Å². The Bertz CT molecular complexity index is 980. The van der Waals surface area contributed by atoms with E-state index in [0.29, 0.717) is 31.1 Å². The van der Waals surface area contributed by atoms with E-state index >= 15 is 0 Å². The first-order chi connectivity index (χ1) is 15.1. The largest absolute Gasteiger partial charge is 0.481 e. The molecule has 5 rings (SSSR count). The van der Waals surface area contributed by atoms with Gasteiger partial charge in [0.15, 0.2) is 5.69 Å². The Labute approximate surface area is 180 Å². The molecule has 31 heavy (non-hydrogen) atoms. The number of fused-ring (bicyclic) bond motifs is 2. The van der Waals surface area contributed by atoms with Gasteiger partial charge in [0.1, 0.15) is 18.0 Å². The van der Waals surface area contributed by atoms with Crippen LogP contribution in [0.1, 0.15) is 54.5 Å². The van der Waals surface area contributed by atoms with Crippen LogP contribution in [-0.2, 0) is 28.2 Å². The molecule has 2 aliphatic heterocycles. The van der Waals surface area contributed by atoms with Crippen molar-refractivity contribution in [3.63, 3.8) is 0 Å². The lowest BCUT2D eigenvalue weighted by atomic mass is 9.80. The summed E-state index contributed by atoms with van der Waals surface area (Å²) >= 11 is 0. The van der Waals surface area contributed by atoms with Gasteiger partial charge in [-0.15, -0.1) is 0 Å². The molecule has 0 spiro atoms. The first-order valence-electron chi connectivity index (χ1n) is 10.8. The fourth-order valence-corrected chi connectivity index (χ4v) is 4.51. The smallest absolute Gasteiger partial charge is 0.361 e. The van der Waals surface area contributed by atoms with E-state index in [1.807, 2.05) is 30.3 Å². The van der Waals surface area contributed by atoms with Crippen LogP contribution in [0.4, 0.5) is 0 Å². The predicted molar refractivity (Wildman–Crippen MR) is 112 cm³/mol. The summed E-state index contributed by atoms with van der Waals surface area (Å²) in [4.78, 5) is 30.9. The van der Waals surface area contributed by atoms with Gasteiger partial charge in [-0.25, -0.2) is 9.78 Å². The number of nitrogens with zero attached hydrogens (tertiary/aromatic N) is 2. The summed E-state index contributed by atoms with van der Waals surface area (Å²) in [5.41, 5.74) is -0.436. The number of benzene rings is 1. The molecule has 0 unspecified atom stereocenters. The first kappa shape index (κ1) is 21.5. The molecule has 1 saturated carbocycles. The molecule has 1 aromatic carbocycles. The van der Waals surface area contributed by atoms with Crippen LogP contribution in [0, 0.1) is 5.92 Å². The van der Waals surface area contributed by atoms with Gasteiger partial charge in [-0.2, -0.15) is 0 Å². The number of hydrogen-bond acceptors (Lipinski definition) is 7. The molecule has 8 heteroatoms. The van der Waals surface area contributed by atoms with E-state index in [4.69, 9.17) is 14.2 Å². The lowest BCUT2D eigenvalue weighted by molar-refractivity contribution is -0.0937. The Hall–Kier alpha value is -2.71. The molecule has 3 aliphatic rings. The Balaban J connectivity index is 1.81. The molecule has 0 saturated heterocycles. The van der Waals surface area contributed by atoms with Crippen LogP contribution >= 0.6 is 0 Å². The normalized spacial score (nSPS) is 21.9. The first-order valence-corrected chi connectivity index (χ1v) is 10.8. The standard InChI is InChI=1S/C23H28N2O6/c1-2-29-21(28)18-19(30-15-17-6-4-3-5-7-17)20(27)25-14-16-8-10-23(11-9-16,22(25)24-18)31-13-12-26/h3-7,16,26H,2,8-15H2,1H3. The topological polar surface area (TPSA) is 99.9 Å². The highest BCUT2D eigenvalue weighted by Gasteiger charge is 2.46. The molecule has 2 bridgehead atoms. The zero-order valence-corrected chi connectivity index (χ0v) is 17.7. The van der Waals surface area contributed by atoms with E-state index < -0.39 is 17.1 Å². The van der Waals surface area contributed by atoms with Gasteiger partial charge in [0.25, 0.3) is 5.56 Å². The Morgan fingerprint density at radius 1 is 1.26 bits per heavy atom. The zero-order valence-electron chi connectivity index (χ0n) is 17.7. The zero-order chi connectivity index (χ0) is 21.8. The van der Waals surface area contributed by atoms with Gasteiger partial charge in [-0.05, 0) is 44.1 Å². The minimum atomic E-state index is -0.798. The van der Waals surface area contributed by atoms with Crippen LogP contribution in [0.3, 0.4) is 0 Å². The maximum atomic E-state index is 13.5. The average molecular weight is 428 g/mol. The molecular weight excluding hydrogens is 400 g/mol. The summed E-state index contributed by atoms with van der Waals surface area (Å²) in [6, 6.07) is 9.43. The third kappa shape index (κ3) is 4.22. The number of ether oxygens (including phenoxy) is 3. The van der Waals surface area contributed by atoms with Crippen LogP contribution in [0.2, 0.25) is 0 Å². The number of aliphatic hydroxyl groups is 1. The molecule has 0 radical (unpaired) electrons. The van der Waals surface area contributed by atoms with Crippen molar-refractivity contribution in [1.82, 2.24) is 9.55 Å². The predicted octanol–water partition coefficient (Wildman–Crippen LogP) is 2.41. The van der Waals surface area contributed by atoms with E-state index in [-0.39, 0.29) is 37.9 Å². The van der Waals surface area contributed by atoms with Gasteiger partial charge in [0, 0.05) is 6.54 Å². The van der Waals surface area contributed by atoms with Crippen molar-refractivity contribution in [1.29, 1.82) is 0 Å². The number of hydrogen-bond donors (Lipinski definition) is 1. The number of aromatic nitrogens is 2. The summed E-state index contributed by atoms with van der Waals surface area (Å²) in [6.45, 7) is 2.52. The Morgan fingerprint density at radius 3 is 2.68 bits per heavy atom. The third-order valence-electron chi connectivity index (χ3n) is 6.05. The number of esters is 1. The maximum absolute atomic E-state index is 13.5. The molecule has 2 aromatic rings. The van der Waals surface area contributed by atoms with Gasteiger partial charge >= 0.3 is 5.97 Å². The van der Waals surface area contributed by atoms with Gasteiger partial charge < -0.3 is 19.3 Å². The van der Waals surface area contributed by atoms with Crippen molar-refractivity contribution in [2.24, 2.45) is 5.92 Å². The minimum Gasteiger partial charge on any atom is -0.481 e. The summed E-state index contributed by atoms with van der Waals surface area (Å²) in [5.74, 6) is -0.0186. The van der Waals surface area contributed by atoms with E-state index in [0.717, 1.165) is 18.4 Å². The third-order valence-corrected chi connectivity index (χ3v) is 6.05. The Kier molecular flexibility index (Phi) is 6.38. The van der Waals surface area contributed by atoms with Crippen LogP contribution in [0.5, 0.6) is 5.75 Å². The summed E-state index contributed by atoms with van der Waals surface area (Å²) in [7, 11) is 0. The highest BCUT2D eigenvalue weighted by molar-refractivity contribution is 5.90. The second kappa shape index (κ2) is 9.20. The molecule has 0 atom stereocenters. The van der Waals surface area contributed by atoms with Crippen LogP contribution in [-0.4, -0.2) is 40.4 Å². The molecule has 1 fully saturated rings. The van der Waals surface area contributed by atoms with E-state index in [9.17, 15) is 14.7 Å². The van der Waals surface area contributed by atoms with Crippen molar-refractivity contribution in [2.45, 2.75) is 51.4 Å².